The number of hydrogen-bond donors (Lipinski definition) is 1. The van der Waals surface area contributed by atoms with Gasteiger partial charge in [0.2, 0.25) is 0 Å². The molecule has 0 aliphatic heterocycles. The van der Waals surface area contributed by atoms with Gasteiger partial charge in [0.15, 0.2) is 0 Å². The number of aliphatic carboxylic acids is 1. The summed E-state index contributed by atoms with van der Waals surface area (Å²) in [5, 5.41) is 9.28. The molecule has 2 atom stereocenters. The highest BCUT2D eigenvalue weighted by molar-refractivity contribution is 5.71. The molecule has 1 fully saturated rings. The van der Waals surface area contributed by atoms with Crippen LogP contribution in [0.3, 0.4) is 0 Å². The maximum absolute atomic E-state index is 11.3. The molecule has 0 radical (unpaired) electrons. The highest BCUT2D eigenvalue weighted by atomic mass is 16.4. The molecule has 1 saturated carbocycles. The van der Waals surface area contributed by atoms with E-state index in [9.17, 15) is 9.90 Å². The minimum absolute atomic E-state index is 0.127. The second-order valence-corrected chi connectivity index (χ2v) is 5.22. The Balaban J connectivity index is 2.01. The molecule has 4 heteroatoms. The van der Waals surface area contributed by atoms with E-state index < -0.39 is 5.97 Å². The quantitative estimate of drug-likeness (QED) is 0.893. The van der Waals surface area contributed by atoms with E-state index >= 15 is 0 Å². The first kappa shape index (κ1) is 13.1. The lowest BCUT2D eigenvalue weighted by atomic mass is 9.83. The Labute approximate surface area is 108 Å². The summed E-state index contributed by atoms with van der Waals surface area (Å²) in [6.07, 6.45) is 3.91. The van der Waals surface area contributed by atoms with Crippen LogP contribution in [0.15, 0.2) is 16.5 Å². The first-order valence-corrected chi connectivity index (χ1v) is 6.56. The Morgan fingerprint density at radius 2 is 2.17 bits per heavy atom. The van der Waals surface area contributed by atoms with Gasteiger partial charge in [0, 0.05) is 6.04 Å². The van der Waals surface area contributed by atoms with Crippen LogP contribution in [0.1, 0.15) is 37.2 Å². The van der Waals surface area contributed by atoms with Crippen molar-refractivity contribution in [1.82, 2.24) is 4.90 Å². The average Bonchev–Trinajstić information content (AvgIpc) is 2.74. The van der Waals surface area contributed by atoms with Crippen molar-refractivity contribution in [2.24, 2.45) is 5.92 Å². The molecule has 1 heterocycles. The fraction of sp³-hybridized carbons (Fsp3) is 0.643. The van der Waals surface area contributed by atoms with Crippen LogP contribution in [0.4, 0.5) is 0 Å². The Kier molecular flexibility index (Phi) is 4.07. The molecule has 100 valence electrons. The van der Waals surface area contributed by atoms with Gasteiger partial charge in [-0.1, -0.05) is 12.8 Å². The van der Waals surface area contributed by atoms with E-state index in [0.717, 1.165) is 37.2 Å². The predicted octanol–water partition coefficient (Wildman–Crippen LogP) is 2.66. The van der Waals surface area contributed by atoms with Crippen molar-refractivity contribution >= 4 is 5.97 Å². The number of hydrogen-bond acceptors (Lipinski definition) is 3. The van der Waals surface area contributed by atoms with E-state index in [1.807, 2.05) is 26.1 Å². The highest BCUT2D eigenvalue weighted by Gasteiger charge is 2.33. The number of carboxylic acids is 1. The summed E-state index contributed by atoms with van der Waals surface area (Å²) in [4.78, 5) is 13.4. The predicted molar refractivity (Wildman–Crippen MR) is 68.3 cm³/mol. The average molecular weight is 251 g/mol. The van der Waals surface area contributed by atoms with E-state index in [-0.39, 0.29) is 12.0 Å². The van der Waals surface area contributed by atoms with Crippen molar-refractivity contribution in [1.29, 1.82) is 0 Å². The zero-order valence-electron chi connectivity index (χ0n) is 11.1. The number of nitrogens with zero attached hydrogens (tertiary/aromatic N) is 1. The van der Waals surface area contributed by atoms with Gasteiger partial charge in [-0.3, -0.25) is 9.69 Å². The van der Waals surface area contributed by atoms with Gasteiger partial charge in [0.05, 0.1) is 12.5 Å². The zero-order valence-corrected chi connectivity index (χ0v) is 11.1. The molecule has 4 nitrogen and oxygen atoms in total. The first-order chi connectivity index (χ1) is 8.58. The van der Waals surface area contributed by atoms with Crippen LogP contribution in [0, 0.1) is 12.8 Å². The number of carbonyl (C=O) groups is 1. The van der Waals surface area contributed by atoms with Gasteiger partial charge in [0.25, 0.3) is 0 Å². The van der Waals surface area contributed by atoms with Gasteiger partial charge in [-0.05, 0) is 38.9 Å². The van der Waals surface area contributed by atoms with E-state index in [1.165, 1.54) is 0 Å². The van der Waals surface area contributed by atoms with Gasteiger partial charge >= 0.3 is 5.97 Å². The van der Waals surface area contributed by atoms with Crippen LogP contribution in [-0.2, 0) is 11.3 Å². The molecule has 1 aromatic rings. The number of aryl methyl sites for hydroxylation is 1. The maximum atomic E-state index is 11.3. The smallest absolute Gasteiger partial charge is 0.308 e. The van der Waals surface area contributed by atoms with Gasteiger partial charge in [-0.2, -0.15) is 0 Å². The van der Waals surface area contributed by atoms with Crippen LogP contribution in [0.5, 0.6) is 0 Å². The third-order valence-electron chi connectivity index (χ3n) is 3.81. The number of furan rings is 1. The SMILES string of the molecule is Cc1ccc(CN(C)C2CCCCC2C(=O)O)o1. The van der Waals surface area contributed by atoms with Gasteiger partial charge < -0.3 is 9.52 Å². The maximum Gasteiger partial charge on any atom is 0.308 e. The van der Waals surface area contributed by atoms with Crippen LogP contribution >= 0.6 is 0 Å². The molecule has 0 bridgehead atoms. The third-order valence-corrected chi connectivity index (χ3v) is 3.81. The topological polar surface area (TPSA) is 53.7 Å². The Hall–Kier alpha value is -1.29. The molecule has 18 heavy (non-hydrogen) atoms. The molecule has 2 rings (SSSR count). The summed E-state index contributed by atoms with van der Waals surface area (Å²) < 4.78 is 5.55. The van der Waals surface area contributed by atoms with Crippen molar-refractivity contribution < 1.29 is 14.3 Å². The lowest BCUT2D eigenvalue weighted by Gasteiger charge is -2.35. The molecule has 1 aliphatic carbocycles. The van der Waals surface area contributed by atoms with Crippen LogP contribution in [0.2, 0.25) is 0 Å². The van der Waals surface area contributed by atoms with Crippen LogP contribution < -0.4 is 0 Å². The molecular weight excluding hydrogens is 230 g/mol. The lowest BCUT2D eigenvalue weighted by molar-refractivity contribution is -0.145. The summed E-state index contributed by atoms with van der Waals surface area (Å²) in [7, 11) is 1.99. The normalized spacial score (nSPS) is 24.4. The Morgan fingerprint density at radius 3 is 2.78 bits per heavy atom. The van der Waals surface area contributed by atoms with E-state index in [1.54, 1.807) is 0 Å². The van der Waals surface area contributed by atoms with Crippen molar-refractivity contribution in [2.75, 3.05) is 7.05 Å². The van der Waals surface area contributed by atoms with E-state index in [4.69, 9.17) is 4.42 Å². The molecule has 0 spiro atoms. The Bertz CT molecular complexity index is 413. The number of rotatable bonds is 4. The van der Waals surface area contributed by atoms with Crippen LogP contribution in [-0.4, -0.2) is 29.1 Å². The summed E-state index contributed by atoms with van der Waals surface area (Å²) in [5.74, 6) is 0.906. The zero-order chi connectivity index (χ0) is 13.1. The van der Waals surface area contributed by atoms with Crippen molar-refractivity contribution in [3.63, 3.8) is 0 Å². The molecule has 2 unspecified atom stereocenters. The van der Waals surface area contributed by atoms with Gasteiger partial charge in [-0.25, -0.2) is 0 Å². The summed E-state index contributed by atoms with van der Waals surface area (Å²) in [6, 6.07) is 4.03. The van der Waals surface area contributed by atoms with E-state index in [0.29, 0.717) is 6.54 Å². The molecular formula is C14H21NO3. The fourth-order valence-electron chi connectivity index (χ4n) is 2.86. The molecule has 1 aromatic heterocycles. The lowest BCUT2D eigenvalue weighted by Crippen LogP contribution is -2.43. The monoisotopic (exact) mass is 251 g/mol. The van der Waals surface area contributed by atoms with Crippen LogP contribution in [0.25, 0.3) is 0 Å². The summed E-state index contributed by atoms with van der Waals surface area (Å²) in [6.45, 7) is 2.60. The number of carboxylic acid groups (broad SMARTS) is 1. The van der Waals surface area contributed by atoms with Gasteiger partial charge in [-0.15, -0.1) is 0 Å². The molecule has 0 amide bonds. The van der Waals surface area contributed by atoms with Crippen molar-refractivity contribution in [2.45, 2.75) is 45.2 Å². The highest BCUT2D eigenvalue weighted by Crippen LogP contribution is 2.29. The van der Waals surface area contributed by atoms with Gasteiger partial charge in [0.1, 0.15) is 11.5 Å². The molecule has 0 aromatic carbocycles. The first-order valence-electron chi connectivity index (χ1n) is 6.56. The summed E-state index contributed by atoms with van der Waals surface area (Å²) in [5.41, 5.74) is 0. The van der Waals surface area contributed by atoms with Crippen molar-refractivity contribution in [3.8, 4) is 0 Å². The molecule has 0 saturated heterocycles. The third kappa shape index (κ3) is 2.93. The largest absolute Gasteiger partial charge is 0.481 e. The molecule has 1 aliphatic rings. The second kappa shape index (κ2) is 5.57. The molecule has 1 N–H and O–H groups in total. The summed E-state index contributed by atoms with van der Waals surface area (Å²) >= 11 is 0. The minimum Gasteiger partial charge on any atom is -0.481 e. The Morgan fingerprint density at radius 1 is 1.44 bits per heavy atom. The second-order valence-electron chi connectivity index (χ2n) is 5.22. The van der Waals surface area contributed by atoms with Crippen molar-refractivity contribution in [3.05, 3.63) is 23.7 Å². The fourth-order valence-corrected chi connectivity index (χ4v) is 2.86. The standard InChI is InChI=1S/C14H21NO3/c1-10-7-8-11(18-10)9-15(2)13-6-4-3-5-12(13)14(16)17/h7-8,12-13H,3-6,9H2,1-2H3,(H,16,17). The minimum atomic E-state index is -0.665. The van der Waals surface area contributed by atoms with E-state index in [2.05, 4.69) is 4.90 Å².